The van der Waals surface area contributed by atoms with E-state index in [0.29, 0.717) is 6.42 Å². The number of esters is 2. The molecular weight excluding hydrogens is 344 g/mol. The van der Waals surface area contributed by atoms with Crippen LogP contribution in [0.4, 0.5) is 0 Å². The molecule has 0 aliphatic rings. The van der Waals surface area contributed by atoms with E-state index in [1.54, 1.807) is 0 Å². The van der Waals surface area contributed by atoms with E-state index in [9.17, 15) is 9.59 Å². The van der Waals surface area contributed by atoms with Gasteiger partial charge in [0.05, 0.1) is 6.61 Å². The van der Waals surface area contributed by atoms with Gasteiger partial charge in [0.25, 0.3) is 0 Å². The molecule has 0 aromatic rings. The molecule has 5 nitrogen and oxygen atoms in total. The Hall–Kier alpha value is -1.36. The second-order valence-electron chi connectivity index (χ2n) is 7.08. The van der Waals surface area contributed by atoms with Crippen molar-refractivity contribution in [2.75, 3.05) is 13.2 Å². The summed E-state index contributed by atoms with van der Waals surface area (Å²) in [5.74, 6) is -0.797. The second-order valence-corrected chi connectivity index (χ2v) is 7.08. The normalized spacial score (nSPS) is 12.3. The van der Waals surface area contributed by atoms with Crippen LogP contribution in [0, 0.1) is 0 Å². The fourth-order valence-corrected chi connectivity index (χ4v) is 2.74. The van der Waals surface area contributed by atoms with Crippen LogP contribution in [-0.2, 0) is 19.1 Å². The topological polar surface area (TPSA) is 72.8 Å². The molecule has 158 valence electrons. The van der Waals surface area contributed by atoms with Gasteiger partial charge in [-0.25, -0.2) is 0 Å². The summed E-state index contributed by atoms with van der Waals surface area (Å²) in [5.41, 5.74) is 0. The lowest BCUT2D eigenvalue weighted by atomic mass is 10.1. The predicted octanol–water partition coefficient (Wildman–Crippen LogP) is 5.10. The summed E-state index contributed by atoms with van der Waals surface area (Å²) in [4.78, 5) is 22.4. The van der Waals surface area contributed by atoms with Gasteiger partial charge in [-0.15, -0.1) is 0 Å². The van der Waals surface area contributed by atoms with Crippen molar-refractivity contribution in [3.8, 4) is 0 Å². The minimum absolute atomic E-state index is 0.0934. The largest absolute Gasteiger partial charge is 0.462 e. The number of hydrogen-bond donors (Lipinski definition) is 1. The smallest absolute Gasteiger partial charge is 0.306 e. The van der Waals surface area contributed by atoms with Gasteiger partial charge in [-0.2, -0.15) is 0 Å². The second kappa shape index (κ2) is 19.4. The molecule has 0 aliphatic carbocycles. The maximum Gasteiger partial charge on any atom is 0.306 e. The molecule has 0 aromatic carbocycles. The highest BCUT2D eigenvalue weighted by molar-refractivity contribution is 5.69. The van der Waals surface area contributed by atoms with Gasteiger partial charge >= 0.3 is 11.9 Å². The molecule has 27 heavy (non-hydrogen) atoms. The zero-order chi connectivity index (χ0) is 20.2. The van der Waals surface area contributed by atoms with E-state index < -0.39 is 12.1 Å². The first-order valence-corrected chi connectivity index (χ1v) is 10.7. The zero-order valence-electron chi connectivity index (χ0n) is 17.4. The summed E-state index contributed by atoms with van der Waals surface area (Å²) in [6.07, 6.45) is 18.5. The molecule has 0 rings (SSSR count). The first kappa shape index (κ1) is 25.6. The van der Waals surface area contributed by atoms with E-state index >= 15 is 0 Å². The summed E-state index contributed by atoms with van der Waals surface area (Å²) in [6, 6.07) is 0. The Morgan fingerprint density at radius 2 is 1.44 bits per heavy atom. The molecule has 0 amide bonds. The Labute approximate surface area is 165 Å². The molecule has 0 saturated carbocycles. The van der Waals surface area contributed by atoms with Crippen LogP contribution >= 0.6 is 0 Å². The van der Waals surface area contributed by atoms with Gasteiger partial charge in [0.1, 0.15) is 6.61 Å². The van der Waals surface area contributed by atoms with Crippen LogP contribution in [0.15, 0.2) is 12.2 Å². The fraction of sp³-hybridized carbons (Fsp3) is 0.818. The van der Waals surface area contributed by atoms with Crippen molar-refractivity contribution in [1.29, 1.82) is 0 Å². The molecule has 0 radical (unpaired) electrons. The van der Waals surface area contributed by atoms with Gasteiger partial charge in [0.15, 0.2) is 6.10 Å². The molecule has 0 fully saturated rings. The van der Waals surface area contributed by atoms with Crippen molar-refractivity contribution in [3.63, 3.8) is 0 Å². The SMILES string of the molecule is CCCCCCC/C=C\CCCCCCCC(=O)OC(CO)COC(C)=O. The Kier molecular flexibility index (Phi) is 18.4. The molecular formula is C22H40O5. The average molecular weight is 385 g/mol. The summed E-state index contributed by atoms with van der Waals surface area (Å²) < 4.78 is 9.83. The van der Waals surface area contributed by atoms with Crippen molar-refractivity contribution in [2.45, 2.75) is 103 Å². The quantitative estimate of drug-likeness (QED) is 0.202. The lowest BCUT2D eigenvalue weighted by molar-refractivity contribution is -0.160. The first-order chi connectivity index (χ1) is 13.1. The third kappa shape index (κ3) is 19.2. The Morgan fingerprint density at radius 3 is 2.00 bits per heavy atom. The fourth-order valence-electron chi connectivity index (χ4n) is 2.74. The number of allylic oxidation sites excluding steroid dienone is 2. The number of aliphatic hydroxyl groups excluding tert-OH is 1. The Balaban J connectivity index is 3.44. The van der Waals surface area contributed by atoms with Gasteiger partial charge in [0.2, 0.25) is 0 Å². The van der Waals surface area contributed by atoms with Crippen LogP contribution in [0.3, 0.4) is 0 Å². The molecule has 0 saturated heterocycles. The number of carbonyl (C=O) groups is 2. The zero-order valence-corrected chi connectivity index (χ0v) is 17.4. The summed E-state index contributed by atoms with van der Waals surface area (Å²) in [5, 5.41) is 9.11. The molecule has 0 spiro atoms. The van der Waals surface area contributed by atoms with Crippen LogP contribution in [-0.4, -0.2) is 36.4 Å². The number of carbonyl (C=O) groups excluding carboxylic acids is 2. The third-order valence-corrected chi connectivity index (χ3v) is 4.37. The first-order valence-electron chi connectivity index (χ1n) is 10.7. The molecule has 0 bridgehead atoms. The number of aliphatic hydroxyl groups is 1. The predicted molar refractivity (Wildman–Crippen MR) is 108 cm³/mol. The van der Waals surface area contributed by atoms with Gasteiger partial charge in [-0.1, -0.05) is 64.0 Å². The Bertz CT molecular complexity index is 392. The van der Waals surface area contributed by atoms with E-state index in [0.717, 1.165) is 25.7 Å². The summed E-state index contributed by atoms with van der Waals surface area (Å²) in [6.45, 7) is 3.09. The standard InChI is InChI=1S/C22H40O5/c1-3-4-5-6-7-8-9-10-11-12-13-14-15-16-17-22(25)27-21(18-23)19-26-20(2)24/h9-10,21,23H,3-8,11-19H2,1-2H3/b10-9-. The highest BCUT2D eigenvalue weighted by Gasteiger charge is 2.14. The maximum absolute atomic E-state index is 11.7. The van der Waals surface area contributed by atoms with Crippen LogP contribution in [0.25, 0.3) is 0 Å². The molecule has 1 N–H and O–H groups in total. The van der Waals surface area contributed by atoms with Crippen molar-refractivity contribution in [1.82, 2.24) is 0 Å². The van der Waals surface area contributed by atoms with Crippen LogP contribution < -0.4 is 0 Å². The minimum Gasteiger partial charge on any atom is -0.462 e. The third-order valence-electron chi connectivity index (χ3n) is 4.37. The van der Waals surface area contributed by atoms with Crippen molar-refractivity contribution in [2.24, 2.45) is 0 Å². The van der Waals surface area contributed by atoms with Crippen LogP contribution in [0.2, 0.25) is 0 Å². The van der Waals surface area contributed by atoms with Crippen LogP contribution in [0.5, 0.6) is 0 Å². The molecule has 5 heteroatoms. The lowest BCUT2D eigenvalue weighted by Gasteiger charge is -2.15. The van der Waals surface area contributed by atoms with E-state index in [1.807, 2.05) is 0 Å². The highest BCUT2D eigenvalue weighted by atomic mass is 16.6. The minimum atomic E-state index is -0.764. The van der Waals surface area contributed by atoms with Gasteiger partial charge in [-0.05, 0) is 32.1 Å². The highest BCUT2D eigenvalue weighted by Crippen LogP contribution is 2.10. The van der Waals surface area contributed by atoms with E-state index in [-0.39, 0.29) is 19.2 Å². The lowest BCUT2D eigenvalue weighted by Crippen LogP contribution is -2.28. The van der Waals surface area contributed by atoms with Gasteiger partial charge < -0.3 is 14.6 Å². The summed E-state index contributed by atoms with van der Waals surface area (Å²) >= 11 is 0. The van der Waals surface area contributed by atoms with E-state index in [2.05, 4.69) is 19.1 Å². The van der Waals surface area contributed by atoms with E-state index in [4.69, 9.17) is 14.6 Å². The number of ether oxygens (including phenoxy) is 2. The number of unbranched alkanes of at least 4 members (excludes halogenated alkanes) is 10. The van der Waals surface area contributed by atoms with Crippen molar-refractivity contribution < 1.29 is 24.2 Å². The van der Waals surface area contributed by atoms with Crippen LogP contribution in [0.1, 0.15) is 97.3 Å². The maximum atomic E-state index is 11.7. The summed E-state index contributed by atoms with van der Waals surface area (Å²) in [7, 11) is 0. The Morgan fingerprint density at radius 1 is 0.889 bits per heavy atom. The molecule has 0 aromatic heterocycles. The molecule has 0 heterocycles. The van der Waals surface area contributed by atoms with Gasteiger partial charge in [0, 0.05) is 13.3 Å². The van der Waals surface area contributed by atoms with Crippen molar-refractivity contribution in [3.05, 3.63) is 12.2 Å². The van der Waals surface area contributed by atoms with Gasteiger partial charge in [-0.3, -0.25) is 9.59 Å². The molecule has 1 unspecified atom stereocenters. The number of hydrogen-bond acceptors (Lipinski definition) is 5. The average Bonchev–Trinajstić information content (AvgIpc) is 2.65. The molecule has 0 aliphatic heterocycles. The monoisotopic (exact) mass is 384 g/mol. The molecule has 1 atom stereocenters. The van der Waals surface area contributed by atoms with E-state index in [1.165, 1.54) is 58.3 Å². The number of rotatable bonds is 18. The van der Waals surface area contributed by atoms with Crippen molar-refractivity contribution >= 4 is 11.9 Å².